The van der Waals surface area contributed by atoms with Crippen LogP contribution in [0, 0.1) is 0 Å². The number of benzene rings is 2. The van der Waals surface area contributed by atoms with Crippen molar-refractivity contribution in [3.8, 4) is 11.1 Å². The van der Waals surface area contributed by atoms with Crippen molar-refractivity contribution < 1.29 is 13.2 Å². The number of nitrogens with one attached hydrogen (secondary N) is 1. The van der Waals surface area contributed by atoms with Crippen LogP contribution in [-0.4, -0.2) is 43.0 Å². The monoisotopic (exact) mass is 449 g/mol. The molecule has 3 N–H and O–H groups in total. The number of hydrogen-bond donors (Lipinski definition) is 2. The highest BCUT2D eigenvalue weighted by Crippen LogP contribution is 2.22. The smallest absolute Gasteiger partial charge is 0.241 e. The Morgan fingerprint density at radius 3 is 2.53 bits per heavy atom. The van der Waals surface area contributed by atoms with Gasteiger partial charge in [-0.1, -0.05) is 30.3 Å². The molecule has 0 saturated carbocycles. The summed E-state index contributed by atoms with van der Waals surface area (Å²) in [6.07, 6.45) is 5.31. The SMILES string of the molecule is NN=Cc1cccc(CN2CC[C@H](NS(=O)(=O)c3ccc(-c4ccncc4)cc3)C2=O)c1. The maximum atomic E-state index is 12.8. The van der Waals surface area contributed by atoms with Gasteiger partial charge in [-0.3, -0.25) is 9.78 Å². The quantitative estimate of drug-likeness (QED) is 0.325. The molecule has 1 amide bonds. The van der Waals surface area contributed by atoms with Gasteiger partial charge in [0.25, 0.3) is 0 Å². The van der Waals surface area contributed by atoms with Gasteiger partial charge in [0.2, 0.25) is 15.9 Å². The van der Waals surface area contributed by atoms with E-state index in [-0.39, 0.29) is 10.8 Å². The Balaban J connectivity index is 1.42. The molecule has 0 bridgehead atoms. The van der Waals surface area contributed by atoms with Crippen molar-refractivity contribution in [3.05, 3.63) is 84.2 Å². The number of hydrogen-bond acceptors (Lipinski definition) is 6. The van der Waals surface area contributed by atoms with Gasteiger partial charge in [0.15, 0.2) is 0 Å². The van der Waals surface area contributed by atoms with Crippen LogP contribution in [-0.2, 0) is 21.4 Å². The second-order valence-corrected chi connectivity index (χ2v) is 9.22. The zero-order valence-electron chi connectivity index (χ0n) is 17.3. The molecular weight excluding hydrogens is 426 g/mol. The maximum absolute atomic E-state index is 12.8. The number of rotatable bonds is 7. The fourth-order valence-corrected chi connectivity index (χ4v) is 4.93. The second kappa shape index (κ2) is 9.29. The number of pyridine rings is 1. The number of nitrogens with zero attached hydrogens (tertiary/aromatic N) is 3. The van der Waals surface area contributed by atoms with Gasteiger partial charge in [0, 0.05) is 25.5 Å². The second-order valence-electron chi connectivity index (χ2n) is 7.51. The van der Waals surface area contributed by atoms with Gasteiger partial charge in [0.1, 0.15) is 6.04 Å². The number of nitrogens with two attached hydrogens (primary N) is 1. The van der Waals surface area contributed by atoms with E-state index in [1.165, 1.54) is 6.21 Å². The molecule has 1 fully saturated rings. The normalized spacial score (nSPS) is 16.7. The van der Waals surface area contributed by atoms with E-state index in [0.717, 1.165) is 22.3 Å². The van der Waals surface area contributed by atoms with Crippen LogP contribution in [0.2, 0.25) is 0 Å². The summed E-state index contributed by atoms with van der Waals surface area (Å²) < 4.78 is 28.3. The Labute approximate surface area is 186 Å². The first-order chi connectivity index (χ1) is 15.5. The molecule has 8 nitrogen and oxygen atoms in total. The molecule has 0 radical (unpaired) electrons. The van der Waals surface area contributed by atoms with E-state index in [0.29, 0.717) is 19.5 Å². The third-order valence-corrected chi connectivity index (χ3v) is 6.81. The number of sulfonamides is 1. The summed E-state index contributed by atoms with van der Waals surface area (Å²) in [7, 11) is -3.83. The van der Waals surface area contributed by atoms with Crippen LogP contribution in [0.25, 0.3) is 11.1 Å². The van der Waals surface area contributed by atoms with Crippen LogP contribution in [0.15, 0.2) is 83.1 Å². The van der Waals surface area contributed by atoms with Crippen LogP contribution in [0.5, 0.6) is 0 Å². The standard InChI is InChI=1S/C23H23N5O3S/c24-26-15-17-2-1-3-18(14-17)16-28-13-10-22(23(28)29)27-32(30,31)21-6-4-19(5-7-21)20-8-11-25-12-9-20/h1-9,11-12,14-15,22,27H,10,13,16,24H2/t22-/m0/s1. The molecule has 1 atom stereocenters. The number of hydrazone groups is 1. The van der Waals surface area contributed by atoms with Crippen molar-refractivity contribution in [2.75, 3.05) is 6.54 Å². The van der Waals surface area contributed by atoms with Crippen molar-refractivity contribution in [1.82, 2.24) is 14.6 Å². The first-order valence-corrected chi connectivity index (χ1v) is 11.6. The Morgan fingerprint density at radius 2 is 1.81 bits per heavy atom. The van der Waals surface area contributed by atoms with Gasteiger partial charge in [-0.25, -0.2) is 8.42 Å². The first kappa shape index (κ1) is 21.7. The third kappa shape index (κ3) is 4.84. The van der Waals surface area contributed by atoms with Crippen molar-refractivity contribution in [2.45, 2.75) is 23.9 Å². The highest BCUT2D eigenvalue weighted by atomic mass is 32.2. The average molecular weight is 450 g/mol. The highest BCUT2D eigenvalue weighted by Gasteiger charge is 2.34. The summed E-state index contributed by atoms with van der Waals surface area (Å²) in [6, 6.07) is 17.0. The van der Waals surface area contributed by atoms with Crippen LogP contribution >= 0.6 is 0 Å². The summed E-state index contributed by atoms with van der Waals surface area (Å²) >= 11 is 0. The molecule has 164 valence electrons. The van der Waals surface area contributed by atoms with E-state index in [1.807, 2.05) is 36.4 Å². The average Bonchev–Trinajstić information content (AvgIpc) is 3.13. The number of amides is 1. The Morgan fingerprint density at radius 1 is 1.09 bits per heavy atom. The van der Waals surface area contributed by atoms with Crippen LogP contribution in [0.3, 0.4) is 0 Å². The van der Waals surface area contributed by atoms with Gasteiger partial charge in [-0.2, -0.15) is 9.82 Å². The zero-order valence-corrected chi connectivity index (χ0v) is 18.1. The van der Waals surface area contributed by atoms with Gasteiger partial charge in [-0.05, 0) is 59.0 Å². The zero-order chi connectivity index (χ0) is 22.6. The number of likely N-dealkylation sites (tertiary alicyclic amines) is 1. The van der Waals surface area contributed by atoms with E-state index in [4.69, 9.17) is 5.84 Å². The lowest BCUT2D eigenvalue weighted by molar-refractivity contribution is -0.129. The Bertz CT molecular complexity index is 1230. The highest BCUT2D eigenvalue weighted by molar-refractivity contribution is 7.89. The molecule has 4 rings (SSSR count). The predicted molar refractivity (Wildman–Crippen MR) is 122 cm³/mol. The lowest BCUT2D eigenvalue weighted by Crippen LogP contribution is -2.41. The minimum absolute atomic E-state index is 0.121. The van der Waals surface area contributed by atoms with Crippen molar-refractivity contribution in [3.63, 3.8) is 0 Å². The summed E-state index contributed by atoms with van der Waals surface area (Å²) in [5.74, 6) is 4.96. The van der Waals surface area contributed by atoms with E-state index in [2.05, 4.69) is 14.8 Å². The Kier molecular flexibility index (Phi) is 6.29. The molecule has 1 saturated heterocycles. The minimum Gasteiger partial charge on any atom is -0.337 e. The number of carbonyl (C=O) groups is 1. The fraction of sp³-hybridized carbons (Fsp3) is 0.174. The van der Waals surface area contributed by atoms with Gasteiger partial charge >= 0.3 is 0 Å². The molecule has 0 aliphatic carbocycles. The summed E-state index contributed by atoms with van der Waals surface area (Å²) in [6.45, 7) is 0.867. The van der Waals surface area contributed by atoms with Gasteiger partial charge in [-0.15, -0.1) is 0 Å². The molecule has 2 heterocycles. The predicted octanol–water partition coefficient (Wildman–Crippen LogP) is 2.12. The molecule has 2 aromatic carbocycles. The molecule has 1 aliphatic heterocycles. The maximum Gasteiger partial charge on any atom is 0.241 e. The van der Waals surface area contributed by atoms with E-state index < -0.39 is 16.1 Å². The van der Waals surface area contributed by atoms with Gasteiger partial charge < -0.3 is 10.7 Å². The molecule has 0 unspecified atom stereocenters. The van der Waals surface area contributed by atoms with Crippen LogP contribution in [0.4, 0.5) is 0 Å². The lowest BCUT2D eigenvalue weighted by Gasteiger charge is -2.17. The fourth-order valence-electron chi connectivity index (χ4n) is 3.71. The minimum atomic E-state index is -3.83. The largest absolute Gasteiger partial charge is 0.337 e. The van der Waals surface area contributed by atoms with Crippen LogP contribution < -0.4 is 10.6 Å². The molecule has 32 heavy (non-hydrogen) atoms. The number of carbonyl (C=O) groups excluding carboxylic acids is 1. The lowest BCUT2D eigenvalue weighted by atomic mass is 10.1. The van der Waals surface area contributed by atoms with Crippen molar-refractivity contribution >= 4 is 22.1 Å². The van der Waals surface area contributed by atoms with Crippen molar-refractivity contribution in [2.24, 2.45) is 10.9 Å². The molecule has 1 aromatic heterocycles. The van der Waals surface area contributed by atoms with E-state index in [1.54, 1.807) is 41.6 Å². The molecule has 0 spiro atoms. The summed E-state index contributed by atoms with van der Waals surface area (Å²) in [5.41, 5.74) is 3.59. The first-order valence-electron chi connectivity index (χ1n) is 10.1. The molecule has 9 heteroatoms. The summed E-state index contributed by atoms with van der Waals surface area (Å²) in [5, 5.41) is 3.51. The Hall–Kier alpha value is -3.56. The van der Waals surface area contributed by atoms with Gasteiger partial charge in [0.05, 0.1) is 11.1 Å². The molecular formula is C23H23N5O3S. The van der Waals surface area contributed by atoms with E-state index in [9.17, 15) is 13.2 Å². The number of aromatic nitrogens is 1. The van der Waals surface area contributed by atoms with Crippen LogP contribution in [0.1, 0.15) is 17.5 Å². The molecule has 1 aliphatic rings. The topological polar surface area (TPSA) is 118 Å². The van der Waals surface area contributed by atoms with Crippen molar-refractivity contribution in [1.29, 1.82) is 0 Å². The summed E-state index contributed by atoms with van der Waals surface area (Å²) in [4.78, 5) is 18.6. The van der Waals surface area contributed by atoms with E-state index >= 15 is 0 Å². The molecule has 3 aromatic rings. The third-order valence-electron chi connectivity index (χ3n) is 5.32.